The van der Waals surface area contributed by atoms with E-state index in [2.05, 4.69) is 15.9 Å². The molecule has 0 radical (unpaired) electrons. The van der Waals surface area contributed by atoms with Crippen LogP contribution in [0.15, 0.2) is 16.6 Å². The highest BCUT2D eigenvalue weighted by atomic mass is 79.9. The van der Waals surface area contributed by atoms with Crippen molar-refractivity contribution in [3.05, 3.63) is 27.2 Å². The molecule has 0 saturated carbocycles. The van der Waals surface area contributed by atoms with Crippen LogP contribution in [0, 0.1) is 0 Å². The van der Waals surface area contributed by atoms with Gasteiger partial charge in [-0.05, 0) is 28.1 Å². The van der Waals surface area contributed by atoms with Crippen LogP contribution in [0.3, 0.4) is 0 Å². The third-order valence-corrected chi connectivity index (χ3v) is 2.73. The fraction of sp³-hybridized carbons (Fsp3) is 0.300. The first-order valence-electron chi connectivity index (χ1n) is 4.22. The lowest BCUT2D eigenvalue weighted by Crippen LogP contribution is -2.21. The Morgan fingerprint density at radius 1 is 1.47 bits per heavy atom. The van der Waals surface area contributed by atoms with E-state index in [9.17, 15) is 4.79 Å². The molecule has 0 spiro atoms. The fourth-order valence-electron chi connectivity index (χ4n) is 1.14. The van der Waals surface area contributed by atoms with E-state index in [4.69, 9.17) is 16.3 Å². The Hall–Kier alpha value is -0.740. The maximum atomic E-state index is 11.7. The number of carbonyl (C=O) groups excluding carboxylic acids is 1. The van der Waals surface area contributed by atoms with Crippen molar-refractivity contribution in [1.29, 1.82) is 0 Å². The number of methoxy groups -OCH3 is 1. The third-order valence-electron chi connectivity index (χ3n) is 1.86. The molecule has 5 heteroatoms. The van der Waals surface area contributed by atoms with Gasteiger partial charge in [0.2, 0.25) is 0 Å². The Kier molecular flexibility index (Phi) is 3.99. The smallest absolute Gasteiger partial charge is 0.253 e. The summed E-state index contributed by atoms with van der Waals surface area (Å²) in [6.45, 7) is 0. The van der Waals surface area contributed by atoms with Crippen LogP contribution in [0.25, 0.3) is 0 Å². The van der Waals surface area contributed by atoms with Gasteiger partial charge in [0.25, 0.3) is 5.91 Å². The predicted molar refractivity (Wildman–Crippen MR) is 63.7 cm³/mol. The van der Waals surface area contributed by atoms with E-state index in [1.807, 2.05) is 0 Å². The van der Waals surface area contributed by atoms with E-state index < -0.39 is 0 Å². The second-order valence-electron chi connectivity index (χ2n) is 3.17. The Bertz CT molecular complexity index is 370. The van der Waals surface area contributed by atoms with Gasteiger partial charge in [-0.1, -0.05) is 11.6 Å². The number of hydrogen-bond acceptors (Lipinski definition) is 2. The van der Waals surface area contributed by atoms with Crippen molar-refractivity contribution in [1.82, 2.24) is 4.90 Å². The van der Waals surface area contributed by atoms with E-state index in [0.717, 1.165) is 0 Å². The van der Waals surface area contributed by atoms with Crippen LogP contribution in [0.4, 0.5) is 0 Å². The lowest BCUT2D eigenvalue weighted by atomic mass is 10.2. The normalized spacial score (nSPS) is 9.93. The van der Waals surface area contributed by atoms with Crippen LogP contribution >= 0.6 is 27.5 Å². The Labute approximate surface area is 102 Å². The van der Waals surface area contributed by atoms with E-state index in [-0.39, 0.29) is 5.91 Å². The van der Waals surface area contributed by atoms with Crippen molar-refractivity contribution >= 4 is 33.4 Å². The molecule has 1 aromatic rings. The van der Waals surface area contributed by atoms with Gasteiger partial charge in [-0.25, -0.2) is 0 Å². The van der Waals surface area contributed by atoms with Gasteiger partial charge in [-0.3, -0.25) is 4.79 Å². The largest absolute Gasteiger partial charge is 0.494 e. The van der Waals surface area contributed by atoms with Crippen molar-refractivity contribution < 1.29 is 9.53 Å². The number of hydrogen-bond donors (Lipinski definition) is 0. The number of benzene rings is 1. The molecule has 0 N–H and O–H groups in total. The molecule has 0 aliphatic heterocycles. The zero-order chi connectivity index (χ0) is 11.6. The monoisotopic (exact) mass is 291 g/mol. The Morgan fingerprint density at radius 3 is 2.47 bits per heavy atom. The van der Waals surface area contributed by atoms with Crippen LogP contribution < -0.4 is 4.74 Å². The van der Waals surface area contributed by atoms with Crippen LogP contribution in [0.5, 0.6) is 5.75 Å². The number of carbonyl (C=O) groups is 1. The molecule has 3 nitrogen and oxygen atoms in total. The van der Waals surface area contributed by atoms with Crippen LogP contribution in [-0.2, 0) is 0 Å². The molecule has 0 aliphatic rings. The van der Waals surface area contributed by atoms with Crippen LogP contribution in [-0.4, -0.2) is 32.0 Å². The van der Waals surface area contributed by atoms with Crippen molar-refractivity contribution in [2.24, 2.45) is 0 Å². The second-order valence-corrected chi connectivity index (χ2v) is 4.43. The molecule has 0 atom stereocenters. The molecule has 15 heavy (non-hydrogen) atoms. The van der Waals surface area contributed by atoms with Crippen molar-refractivity contribution in [2.45, 2.75) is 0 Å². The first kappa shape index (κ1) is 12.3. The quantitative estimate of drug-likeness (QED) is 0.839. The van der Waals surface area contributed by atoms with Crippen molar-refractivity contribution in [2.75, 3.05) is 21.2 Å². The summed E-state index contributed by atoms with van der Waals surface area (Å²) in [6.07, 6.45) is 0. The Morgan fingerprint density at radius 2 is 2.07 bits per heavy atom. The van der Waals surface area contributed by atoms with Gasteiger partial charge in [0.05, 0.1) is 16.6 Å². The molecule has 0 unspecified atom stereocenters. The SMILES string of the molecule is COc1c(Cl)cc(C(=O)N(C)C)cc1Br. The van der Waals surface area contributed by atoms with Gasteiger partial charge >= 0.3 is 0 Å². The third kappa shape index (κ3) is 2.63. The van der Waals surface area contributed by atoms with E-state index in [1.54, 1.807) is 26.2 Å². The minimum atomic E-state index is -0.0970. The van der Waals surface area contributed by atoms with Gasteiger partial charge in [-0.2, -0.15) is 0 Å². The van der Waals surface area contributed by atoms with Crippen LogP contribution in [0.1, 0.15) is 10.4 Å². The molecule has 0 bridgehead atoms. The van der Waals surface area contributed by atoms with Crippen molar-refractivity contribution in [3.63, 3.8) is 0 Å². The molecule has 0 saturated heterocycles. The first-order valence-corrected chi connectivity index (χ1v) is 5.39. The minimum Gasteiger partial charge on any atom is -0.494 e. The molecule has 1 aromatic carbocycles. The summed E-state index contributed by atoms with van der Waals surface area (Å²) in [4.78, 5) is 13.1. The topological polar surface area (TPSA) is 29.5 Å². The standard InChI is InChI=1S/C10H11BrClNO2/c1-13(2)10(14)6-4-7(11)9(15-3)8(12)5-6/h4-5H,1-3H3. The van der Waals surface area contributed by atoms with Gasteiger partial charge in [0.1, 0.15) is 0 Å². The number of amides is 1. The van der Waals surface area contributed by atoms with E-state index in [1.165, 1.54) is 12.0 Å². The summed E-state index contributed by atoms with van der Waals surface area (Å²) in [5.74, 6) is 0.437. The second kappa shape index (κ2) is 4.86. The molecule has 0 heterocycles. The predicted octanol–water partition coefficient (Wildman–Crippen LogP) is 2.81. The molecule has 0 fully saturated rings. The summed E-state index contributed by atoms with van der Waals surface area (Å²) in [7, 11) is 4.90. The molecule has 1 rings (SSSR count). The maximum absolute atomic E-state index is 11.7. The van der Waals surface area contributed by atoms with Crippen LogP contribution in [0.2, 0.25) is 5.02 Å². The van der Waals surface area contributed by atoms with Crippen molar-refractivity contribution in [3.8, 4) is 5.75 Å². The van der Waals surface area contributed by atoms with Gasteiger partial charge in [-0.15, -0.1) is 0 Å². The average Bonchev–Trinajstić information content (AvgIpc) is 2.15. The molecular weight excluding hydrogens is 281 g/mol. The number of halogens is 2. The first-order chi connectivity index (χ1) is 6.97. The van der Waals surface area contributed by atoms with Gasteiger partial charge < -0.3 is 9.64 Å². The van der Waals surface area contributed by atoms with Gasteiger partial charge in [0.15, 0.2) is 5.75 Å². The molecule has 1 amide bonds. The molecular formula is C10H11BrClNO2. The summed E-state index contributed by atoms with van der Waals surface area (Å²) in [5.41, 5.74) is 0.526. The summed E-state index contributed by atoms with van der Waals surface area (Å²) in [6, 6.07) is 3.28. The summed E-state index contributed by atoms with van der Waals surface area (Å²) in [5, 5.41) is 0.414. The maximum Gasteiger partial charge on any atom is 0.253 e. The Balaban J connectivity index is 3.20. The fourth-order valence-corrected chi connectivity index (χ4v) is 2.17. The van der Waals surface area contributed by atoms with Gasteiger partial charge in [0, 0.05) is 19.7 Å². The number of rotatable bonds is 2. The van der Waals surface area contributed by atoms with E-state index >= 15 is 0 Å². The van der Waals surface area contributed by atoms with E-state index in [0.29, 0.717) is 20.8 Å². The number of ether oxygens (including phenoxy) is 1. The zero-order valence-electron chi connectivity index (χ0n) is 8.67. The molecule has 82 valence electrons. The summed E-state index contributed by atoms with van der Waals surface area (Å²) < 4.78 is 5.74. The zero-order valence-corrected chi connectivity index (χ0v) is 11.0. The highest BCUT2D eigenvalue weighted by Gasteiger charge is 2.14. The molecule has 0 aliphatic carbocycles. The highest BCUT2D eigenvalue weighted by molar-refractivity contribution is 9.10. The average molecular weight is 293 g/mol. The minimum absolute atomic E-state index is 0.0970. The number of nitrogens with zero attached hydrogens (tertiary/aromatic N) is 1. The molecule has 0 aromatic heterocycles. The lowest BCUT2D eigenvalue weighted by molar-refractivity contribution is 0.0827. The summed E-state index contributed by atoms with van der Waals surface area (Å²) >= 11 is 9.25. The highest BCUT2D eigenvalue weighted by Crippen LogP contribution is 2.34. The lowest BCUT2D eigenvalue weighted by Gasteiger charge is -2.12.